The van der Waals surface area contributed by atoms with Gasteiger partial charge in [0.05, 0.1) is 12.6 Å². The molecule has 0 bridgehead atoms. The zero-order valence-electron chi connectivity index (χ0n) is 15.2. The smallest absolute Gasteiger partial charge is 0.411 e. The highest BCUT2D eigenvalue weighted by molar-refractivity contribution is 8.01. The Kier molecular flexibility index (Phi) is 5.69. The van der Waals surface area contributed by atoms with Gasteiger partial charge in [-0.3, -0.25) is 9.69 Å². The molecule has 0 spiro atoms. The number of hydrogen-bond acceptors (Lipinski definition) is 5. The number of nitrogens with two attached hydrogens (primary N) is 1. The van der Waals surface area contributed by atoms with Crippen molar-refractivity contribution in [3.05, 3.63) is 0 Å². The lowest BCUT2D eigenvalue weighted by Gasteiger charge is -2.45. The van der Waals surface area contributed by atoms with Crippen LogP contribution in [-0.4, -0.2) is 56.8 Å². The maximum absolute atomic E-state index is 12.8. The molecule has 2 amide bonds. The Hall–Kier alpha value is -0.950. The summed E-state index contributed by atoms with van der Waals surface area (Å²) in [6.07, 6.45) is -0.621. The lowest BCUT2D eigenvalue weighted by atomic mass is 9.78. The molecular weight excluding hydrogens is 316 g/mol. The van der Waals surface area contributed by atoms with Crippen molar-refractivity contribution in [1.29, 1.82) is 0 Å². The number of thioether (sulfide) groups is 1. The third-order valence-corrected chi connectivity index (χ3v) is 5.79. The number of carbonyl (C=O) groups is 2. The summed E-state index contributed by atoms with van der Waals surface area (Å²) in [7, 11) is 0. The third kappa shape index (κ3) is 4.53. The molecule has 0 saturated carbocycles. The van der Waals surface area contributed by atoms with Crippen LogP contribution >= 0.6 is 11.8 Å². The number of nitrogens with zero attached hydrogens (tertiary/aromatic N) is 1. The third-order valence-electron chi connectivity index (χ3n) is 3.93. The van der Waals surface area contributed by atoms with E-state index < -0.39 is 30.3 Å². The molecule has 2 atom stereocenters. The Balaban J connectivity index is 3.33. The Morgan fingerprint density at radius 3 is 2.17 bits per heavy atom. The number of primary amides is 1. The van der Waals surface area contributed by atoms with E-state index in [0.717, 1.165) is 5.75 Å². The van der Waals surface area contributed by atoms with E-state index in [-0.39, 0.29) is 16.2 Å². The minimum Gasteiger partial charge on any atom is -0.444 e. The second-order valence-corrected chi connectivity index (χ2v) is 9.90. The van der Waals surface area contributed by atoms with Gasteiger partial charge in [0.2, 0.25) is 5.91 Å². The Labute approximate surface area is 143 Å². The van der Waals surface area contributed by atoms with Gasteiger partial charge in [-0.05, 0) is 40.0 Å². The molecule has 0 aromatic rings. The Morgan fingerprint density at radius 2 is 1.87 bits per heavy atom. The minimum absolute atomic E-state index is 0.242. The Morgan fingerprint density at radius 1 is 1.35 bits per heavy atom. The second-order valence-electron chi connectivity index (χ2n) is 8.27. The van der Waals surface area contributed by atoms with Gasteiger partial charge >= 0.3 is 6.09 Å². The van der Waals surface area contributed by atoms with Gasteiger partial charge in [-0.25, -0.2) is 4.79 Å². The maximum atomic E-state index is 12.8. The van der Waals surface area contributed by atoms with Gasteiger partial charge in [0, 0.05) is 10.5 Å². The van der Waals surface area contributed by atoms with Crippen molar-refractivity contribution in [1.82, 2.24) is 4.90 Å². The van der Waals surface area contributed by atoms with Crippen molar-refractivity contribution < 1.29 is 19.4 Å². The van der Waals surface area contributed by atoms with Gasteiger partial charge < -0.3 is 15.6 Å². The van der Waals surface area contributed by atoms with E-state index in [0.29, 0.717) is 0 Å². The highest BCUT2D eigenvalue weighted by Crippen LogP contribution is 2.51. The van der Waals surface area contributed by atoms with Gasteiger partial charge in [-0.1, -0.05) is 13.8 Å². The lowest BCUT2D eigenvalue weighted by Crippen LogP contribution is -2.62. The first-order valence-corrected chi connectivity index (χ1v) is 8.77. The van der Waals surface area contributed by atoms with E-state index in [1.165, 1.54) is 4.90 Å². The maximum Gasteiger partial charge on any atom is 0.411 e. The number of aliphatic hydroxyl groups excluding tert-OH is 1. The lowest BCUT2D eigenvalue weighted by molar-refractivity contribution is -0.127. The van der Waals surface area contributed by atoms with Crippen molar-refractivity contribution >= 4 is 23.8 Å². The SMILES string of the molecule is CC(C)(C)OC(=O)N(C1C(C)(C)CSC1(C)C)[C@H](CO)C(N)=O. The van der Waals surface area contributed by atoms with Crippen LogP contribution in [0.25, 0.3) is 0 Å². The topological polar surface area (TPSA) is 92.9 Å². The van der Waals surface area contributed by atoms with Crippen LogP contribution in [0.5, 0.6) is 0 Å². The summed E-state index contributed by atoms with van der Waals surface area (Å²) in [6, 6.07) is -1.40. The Bertz CT molecular complexity index is 455. The average molecular weight is 346 g/mol. The first kappa shape index (κ1) is 20.1. The molecule has 0 radical (unpaired) electrons. The quantitative estimate of drug-likeness (QED) is 0.812. The molecule has 6 nitrogen and oxygen atoms in total. The van der Waals surface area contributed by atoms with E-state index in [4.69, 9.17) is 10.5 Å². The summed E-state index contributed by atoms with van der Waals surface area (Å²) in [5.41, 5.74) is 4.50. The number of carbonyl (C=O) groups excluding carboxylic acids is 2. The molecule has 1 aliphatic rings. The predicted molar refractivity (Wildman–Crippen MR) is 92.2 cm³/mol. The predicted octanol–water partition coefficient (Wildman–Crippen LogP) is 1.99. The van der Waals surface area contributed by atoms with E-state index in [2.05, 4.69) is 0 Å². The van der Waals surface area contributed by atoms with Gasteiger partial charge in [0.25, 0.3) is 0 Å². The van der Waals surface area contributed by atoms with Crippen molar-refractivity contribution in [2.75, 3.05) is 12.4 Å². The zero-order valence-corrected chi connectivity index (χ0v) is 16.0. The highest BCUT2D eigenvalue weighted by Gasteiger charge is 2.55. The first-order chi connectivity index (χ1) is 10.2. The zero-order chi connectivity index (χ0) is 18.2. The van der Waals surface area contributed by atoms with Gasteiger partial charge in [-0.2, -0.15) is 11.8 Å². The number of aliphatic hydroxyl groups is 1. The standard InChI is InChI=1S/C16H30N2O4S/c1-14(2,3)22-13(21)18(10(8-19)11(17)20)12-15(4,5)9-23-16(12,6)7/h10,12,19H,8-9H2,1-7H3,(H2,17,20)/t10-,12?/m1/s1. The molecule has 1 fully saturated rings. The van der Waals surface area contributed by atoms with Crippen LogP contribution in [-0.2, 0) is 9.53 Å². The molecule has 7 heteroatoms. The minimum atomic E-state index is -1.10. The summed E-state index contributed by atoms with van der Waals surface area (Å²) in [4.78, 5) is 26.0. The van der Waals surface area contributed by atoms with Crippen LogP contribution in [0.15, 0.2) is 0 Å². The first-order valence-electron chi connectivity index (χ1n) is 7.78. The van der Waals surface area contributed by atoms with Gasteiger partial charge in [-0.15, -0.1) is 0 Å². The normalized spacial score (nSPS) is 24.1. The van der Waals surface area contributed by atoms with Gasteiger partial charge in [0.1, 0.15) is 11.6 Å². The summed E-state index contributed by atoms with van der Waals surface area (Å²) in [6.45, 7) is 12.9. The molecule has 1 saturated heterocycles. The van der Waals surface area contributed by atoms with E-state index in [9.17, 15) is 14.7 Å². The van der Waals surface area contributed by atoms with Crippen molar-refractivity contribution in [3.8, 4) is 0 Å². The molecule has 1 unspecified atom stereocenters. The monoisotopic (exact) mass is 346 g/mol. The van der Waals surface area contributed by atoms with E-state index >= 15 is 0 Å². The van der Waals surface area contributed by atoms with Crippen molar-refractivity contribution in [3.63, 3.8) is 0 Å². The summed E-state index contributed by atoms with van der Waals surface area (Å²) < 4.78 is 5.20. The molecular formula is C16H30N2O4S. The van der Waals surface area contributed by atoms with E-state index in [1.54, 1.807) is 32.5 Å². The van der Waals surface area contributed by atoms with Crippen molar-refractivity contribution in [2.24, 2.45) is 11.1 Å². The second kappa shape index (κ2) is 6.51. The highest BCUT2D eigenvalue weighted by atomic mass is 32.2. The van der Waals surface area contributed by atoms with Crippen LogP contribution in [0.3, 0.4) is 0 Å². The van der Waals surface area contributed by atoms with Gasteiger partial charge in [0.15, 0.2) is 0 Å². The van der Waals surface area contributed by atoms with Crippen LogP contribution in [0.2, 0.25) is 0 Å². The van der Waals surface area contributed by atoms with Crippen LogP contribution in [0.1, 0.15) is 48.5 Å². The van der Waals surface area contributed by atoms with Crippen LogP contribution < -0.4 is 5.73 Å². The molecule has 1 heterocycles. The molecule has 0 aliphatic carbocycles. The number of hydrogen-bond donors (Lipinski definition) is 2. The van der Waals surface area contributed by atoms with Crippen molar-refractivity contribution in [2.45, 2.75) is 70.9 Å². The molecule has 134 valence electrons. The average Bonchev–Trinajstić information content (AvgIpc) is 2.53. The van der Waals surface area contributed by atoms with Crippen LogP contribution in [0.4, 0.5) is 4.79 Å². The molecule has 1 aliphatic heterocycles. The summed E-state index contributed by atoms with van der Waals surface area (Å²) in [5.74, 6) is 0.0998. The largest absolute Gasteiger partial charge is 0.444 e. The summed E-state index contributed by atoms with van der Waals surface area (Å²) in [5, 5.41) is 9.66. The molecule has 0 aromatic heterocycles. The number of amides is 2. The molecule has 3 N–H and O–H groups in total. The fourth-order valence-corrected chi connectivity index (χ4v) is 4.72. The molecule has 1 rings (SSSR count). The fraction of sp³-hybridized carbons (Fsp3) is 0.875. The van der Waals surface area contributed by atoms with E-state index in [1.807, 2.05) is 27.7 Å². The number of ether oxygens (including phenoxy) is 1. The summed E-state index contributed by atoms with van der Waals surface area (Å²) >= 11 is 1.73. The fourth-order valence-electron chi connectivity index (χ4n) is 3.22. The van der Waals surface area contributed by atoms with Crippen LogP contribution in [0, 0.1) is 5.41 Å². The molecule has 0 aromatic carbocycles. The molecule has 23 heavy (non-hydrogen) atoms. The number of rotatable bonds is 4.